The fraction of sp³-hybridized carbons (Fsp3) is 0.929. The van der Waals surface area contributed by atoms with E-state index in [-0.39, 0.29) is 17.9 Å². The molecule has 9 heteroatoms. The van der Waals surface area contributed by atoms with Gasteiger partial charge in [0.15, 0.2) is 0 Å². The molecule has 0 aromatic heterocycles. The van der Waals surface area contributed by atoms with Gasteiger partial charge in [0.2, 0.25) is 5.91 Å². The number of nitrogens with two attached hydrogens (primary N) is 1. The second-order valence-corrected chi connectivity index (χ2v) is 8.51. The molecule has 2 rings (SSSR count). The summed E-state index contributed by atoms with van der Waals surface area (Å²) in [5.74, 6) is -0.229. The summed E-state index contributed by atoms with van der Waals surface area (Å²) in [5.41, 5.74) is 5.78. The largest absolute Gasteiger partial charge is 0.340 e. The Morgan fingerprint density at radius 1 is 0.913 bits per heavy atom. The lowest BCUT2D eigenvalue weighted by Gasteiger charge is -2.39. The van der Waals surface area contributed by atoms with Gasteiger partial charge in [0.25, 0.3) is 10.2 Å². The number of hydrogen-bond donors (Lipinski definition) is 1. The molecule has 1 amide bonds. The highest BCUT2D eigenvalue weighted by molar-refractivity contribution is 7.86. The second-order valence-electron chi connectivity index (χ2n) is 6.58. The standard InChI is InChI=1S/C14H29N5O3S/c1-12(13(2)15)14(20)17-6-10-19(11-7-17)23(21,22)18-8-4-16(3)5-9-18/h12-13H,4-11,15H2,1-3H3. The summed E-state index contributed by atoms with van der Waals surface area (Å²) in [6.45, 7) is 7.77. The van der Waals surface area contributed by atoms with Crippen molar-refractivity contribution in [2.45, 2.75) is 19.9 Å². The topological polar surface area (TPSA) is 90.2 Å². The minimum Gasteiger partial charge on any atom is -0.340 e. The van der Waals surface area contributed by atoms with Crippen LogP contribution >= 0.6 is 0 Å². The Balaban J connectivity index is 1.92. The second kappa shape index (κ2) is 7.43. The Morgan fingerprint density at radius 2 is 1.35 bits per heavy atom. The van der Waals surface area contributed by atoms with Crippen LogP contribution in [0.3, 0.4) is 0 Å². The number of piperazine rings is 2. The van der Waals surface area contributed by atoms with Gasteiger partial charge in [-0.1, -0.05) is 6.92 Å². The fourth-order valence-corrected chi connectivity index (χ4v) is 4.41. The number of hydrogen-bond acceptors (Lipinski definition) is 5. The van der Waals surface area contributed by atoms with E-state index >= 15 is 0 Å². The lowest BCUT2D eigenvalue weighted by Crippen LogP contribution is -2.58. The van der Waals surface area contributed by atoms with E-state index in [9.17, 15) is 13.2 Å². The third-order valence-corrected chi connectivity index (χ3v) is 6.88. The van der Waals surface area contributed by atoms with Crippen LogP contribution < -0.4 is 5.73 Å². The van der Waals surface area contributed by atoms with Gasteiger partial charge in [-0.15, -0.1) is 0 Å². The number of likely N-dealkylation sites (N-methyl/N-ethyl adjacent to an activating group) is 1. The van der Waals surface area contributed by atoms with Crippen molar-refractivity contribution in [3.05, 3.63) is 0 Å². The zero-order valence-corrected chi connectivity index (χ0v) is 15.1. The predicted octanol–water partition coefficient (Wildman–Crippen LogP) is -1.39. The molecule has 0 aliphatic carbocycles. The van der Waals surface area contributed by atoms with Gasteiger partial charge in [-0.3, -0.25) is 4.79 Å². The van der Waals surface area contributed by atoms with Crippen LogP contribution in [-0.2, 0) is 15.0 Å². The van der Waals surface area contributed by atoms with Gasteiger partial charge in [-0.25, -0.2) is 0 Å². The molecule has 2 heterocycles. The first kappa shape index (κ1) is 18.6. The maximum atomic E-state index is 12.7. The van der Waals surface area contributed by atoms with Crippen LogP contribution in [0.1, 0.15) is 13.8 Å². The highest BCUT2D eigenvalue weighted by Gasteiger charge is 2.35. The van der Waals surface area contributed by atoms with Crippen molar-refractivity contribution >= 4 is 16.1 Å². The van der Waals surface area contributed by atoms with Crippen LogP contribution in [-0.4, -0.2) is 98.2 Å². The Hall–Kier alpha value is -0.740. The zero-order chi connectivity index (χ0) is 17.2. The smallest absolute Gasteiger partial charge is 0.282 e. The van der Waals surface area contributed by atoms with Crippen molar-refractivity contribution < 1.29 is 13.2 Å². The van der Waals surface area contributed by atoms with E-state index in [1.54, 1.807) is 9.21 Å². The predicted molar refractivity (Wildman–Crippen MR) is 89.0 cm³/mol. The van der Waals surface area contributed by atoms with Gasteiger partial charge in [0.1, 0.15) is 0 Å². The summed E-state index contributed by atoms with van der Waals surface area (Å²) in [5, 5.41) is 0. The van der Waals surface area contributed by atoms with Gasteiger partial charge in [0, 0.05) is 58.4 Å². The van der Waals surface area contributed by atoms with Crippen molar-refractivity contribution in [3.8, 4) is 0 Å². The highest BCUT2D eigenvalue weighted by atomic mass is 32.2. The molecule has 2 aliphatic rings. The molecule has 8 nitrogen and oxygen atoms in total. The molecule has 2 fully saturated rings. The Morgan fingerprint density at radius 3 is 1.78 bits per heavy atom. The normalized spacial score (nSPS) is 25.3. The third-order valence-electron chi connectivity index (χ3n) is 4.84. The van der Waals surface area contributed by atoms with Gasteiger partial charge < -0.3 is 15.5 Å². The van der Waals surface area contributed by atoms with Gasteiger partial charge in [-0.2, -0.15) is 17.0 Å². The van der Waals surface area contributed by atoms with E-state index in [1.807, 2.05) is 20.9 Å². The van der Waals surface area contributed by atoms with Crippen molar-refractivity contribution in [3.63, 3.8) is 0 Å². The van der Waals surface area contributed by atoms with Crippen LogP contribution in [0.4, 0.5) is 0 Å². The summed E-state index contributed by atoms with van der Waals surface area (Å²) in [4.78, 5) is 16.1. The molecule has 0 radical (unpaired) electrons. The van der Waals surface area contributed by atoms with Crippen LogP contribution in [0.5, 0.6) is 0 Å². The van der Waals surface area contributed by atoms with E-state index in [2.05, 4.69) is 4.90 Å². The quantitative estimate of drug-likeness (QED) is 0.676. The summed E-state index contributed by atoms with van der Waals surface area (Å²) in [7, 11) is -1.42. The SMILES string of the molecule is CC(N)C(C)C(=O)N1CCN(S(=O)(=O)N2CCN(C)CC2)CC1. The van der Waals surface area contributed by atoms with Crippen molar-refractivity contribution in [1.82, 2.24) is 18.4 Å². The molecule has 2 unspecified atom stereocenters. The number of rotatable bonds is 4. The lowest BCUT2D eigenvalue weighted by atomic mass is 10.0. The highest BCUT2D eigenvalue weighted by Crippen LogP contribution is 2.16. The monoisotopic (exact) mass is 347 g/mol. The first-order valence-electron chi connectivity index (χ1n) is 8.21. The van der Waals surface area contributed by atoms with E-state index in [0.29, 0.717) is 39.3 Å². The van der Waals surface area contributed by atoms with Crippen LogP contribution in [0.2, 0.25) is 0 Å². The lowest BCUT2D eigenvalue weighted by molar-refractivity contribution is -0.136. The van der Waals surface area contributed by atoms with Crippen LogP contribution in [0, 0.1) is 5.92 Å². The molecule has 0 aromatic rings. The van der Waals surface area contributed by atoms with Crippen molar-refractivity contribution in [1.29, 1.82) is 0 Å². The third kappa shape index (κ3) is 4.21. The Kier molecular flexibility index (Phi) is 6.01. The first-order chi connectivity index (χ1) is 10.7. The van der Waals surface area contributed by atoms with Gasteiger partial charge in [0.05, 0.1) is 5.92 Å². The summed E-state index contributed by atoms with van der Waals surface area (Å²) in [6.07, 6.45) is 0. The van der Waals surface area contributed by atoms with Crippen LogP contribution in [0.15, 0.2) is 0 Å². The van der Waals surface area contributed by atoms with Crippen LogP contribution in [0.25, 0.3) is 0 Å². The molecule has 2 aliphatic heterocycles. The molecule has 0 saturated carbocycles. The number of amides is 1. The van der Waals surface area contributed by atoms with E-state index in [1.165, 1.54) is 4.31 Å². The molecule has 0 bridgehead atoms. The van der Waals surface area contributed by atoms with Crippen molar-refractivity contribution in [2.24, 2.45) is 11.7 Å². The summed E-state index contributed by atoms with van der Waals surface area (Å²) >= 11 is 0. The maximum absolute atomic E-state index is 12.7. The fourth-order valence-electron chi connectivity index (χ4n) is 2.83. The molecule has 2 atom stereocenters. The van der Waals surface area contributed by atoms with E-state index in [4.69, 9.17) is 5.73 Å². The average Bonchev–Trinajstić information content (AvgIpc) is 2.54. The van der Waals surface area contributed by atoms with E-state index < -0.39 is 10.2 Å². The molecule has 134 valence electrons. The van der Waals surface area contributed by atoms with Gasteiger partial charge >= 0.3 is 0 Å². The van der Waals surface area contributed by atoms with Crippen molar-refractivity contribution in [2.75, 3.05) is 59.4 Å². The summed E-state index contributed by atoms with van der Waals surface area (Å²) < 4.78 is 28.4. The maximum Gasteiger partial charge on any atom is 0.282 e. The summed E-state index contributed by atoms with van der Waals surface area (Å²) in [6, 6.07) is -0.199. The number of carbonyl (C=O) groups is 1. The molecular weight excluding hydrogens is 318 g/mol. The zero-order valence-electron chi connectivity index (χ0n) is 14.3. The van der Waals surface area contributed by atoms with Gasteiger partial charge in [-0.05, 0) is 14.0 Å². The number of carbonyl (C=O) groups excluding carboxylic acids is 1. The molecule has 23 heavy (non-hydrogen) atoms. The molecular formula is C14H29N5O3S. The number of nitrogens with zero attached hydrogens (tertiary/aromatic N) is 4. The Labute approximate surface area is 139 Å². The molecule has 2 N–H and O–H groups in total. The molecule has 2 saturated heterocycles. The average molecular weight is 347 g/mol. The Bertz CT molecular complexity index is 509. The molecule has 0 spiro atoms. The minimum absolute atomic E-state index is 0.0108. The minimum atomic E-state index is -3.42. The first-order valence-corrected chi connectivity index (χ1v) is 9.61. The van der Waals surface area contributed by atoms with E-state index in [0.717, 1.165) is 13.1 Å². The molecule has 0 aromatic carbocycles.